The Labute approximate surface area is 517 Å². The molecule has 0 saturated carbocycles. The van der Waals surface area contributed by atoms with Gasteiger partial charge in [-0.15, -0.1) is 0 Å². The lowest BCUT2D eigenvalue weighted by Crippen LogP contribution is -2.30. The van der Waals surface area contributed by atoms with Crippen LogP contribution in [0.2, 0.25) is 0 Å². The van der Waals surface area contributed by atoms with Crippen molar-refractivity contribution < 1.29 is 28.6 Å². The van der Waals surface area contributed by atoms with Crippen molar-refractivity contribution in [2.45, 2.75) is 399 Å². The van der Waals surface area contributed by atoms with Crippen LogP contribution in [0.25, 0.3) is 0 Å². The zero-order valence-electron chi connectivity index (χ0n) is 55.7. The van der Waals surface area contributed by atoms with Gasteiger partial charge in [0, 0.05) is 19.3 Å². The number of hydrogen-bond acceptors (Lipinski definition) is 6. The average Bonchev–Trinajstić information content (AvgIpc) is 3.49. The summed E-state index contributed by atoms with van der Waals surface area (Å²) in [5.74, 6) is -0.854. The third kappa shape index (κ3) is 69.8. The van der Waals surface area contributed by atoms with Gasteiger partial charge in [-0.2, -0.15) is 0 Å². The van der Waals surface area contributed by atoms with Crippen LogP contribution >= 0.6 is 0 Å². The van der Waals surface area contributed by atoms with Crippen LogP contribution < -0.4 is 0 Å². The molecule has 83 heavy (non-hydrogen) atoms. The maximum atomic E-state index is 12.9. The van der Waals surface area contributed by atoms with E-state index in [0.29, 0.717) is 19.3 Å². The van der Waals surface area contributed by atoms with Crippen LogP contribution in [0.3, 0.4) is 0 Å². The molecule has 484 valence electrons. The first-order valence-corrected chi connectivity index (χ1v) is 36.8. The lowest BCUT2D eigenvalue weighted by molar-refractivity contribution is -0.167. The van der Waals surface area contributed by atoms with Crippen LogP contribution in [-0.2, 0) is 28.6 Å². The van der Waals surface area contributed by atoms with Crippen molar-refractivity contribution in [3.05, 3.63) is 60.8 Å². The summed E-state index contributed by atoms with van der Waals surface area (Å²) in [7, 11) is 0. The SMILES string of the molecule is CCCCCCC/C=C\C/C=C\C/C=C\CCCCCCCCCCCCC(=O)OC(COC(=O)CCCCCCCCCCC)COC(=O)CCCCCCCCCCCCCCCCCCCCC/C=C\C/C=C\CCCCCCC. The summed E-state index contributed by atoms with van der Waals surface area (Å²) in [6, 6.07) is 0. The molecular formula is C77H140O6. The molecule has 0 aromatic carbocycles. The second kappa shape index (κ2) is 71.6. The van der Waals surface area contributed by atoms with Gasteiger partial charge in [0.2, 0.25) is 0 Å². The van der Waals surface area contributed by atoms with Gasteiger partial charge in [0.1, 0.15) is 13.2 Å². The molecule has 0 aliphatic rings. The van der Waals surface area contributed by atoms with Crippen molar-refractivity contribution in [3.63, 3.8) is 0 Å². The highest BCUT2D eigenvalue weighted by Crippen LogP contribution is 2.18. The fourth-order valence-corrected chi connectivity index (χ4v) is 11.0. The van der Waals surface area contributed by atoms with Crippen LogP contribution in [0.5, 0.6) is 0 Å². The Morgan fingerprint density at radius 3 is 0.675 bits per heavy atom. The number of hydrogen-bond donors (Lipinski definition) is 0. The Kier molecular flexibility index (Phi) is 69.1. The van der Waals surface area contributed by atoms with Gasteiger partial charge in [-0.1, -0.05) is 345 Å². The topological polar surface area (TPSA) is 78.9 Å². The minimum absolute atomic E-state index is 0.0708. The largest absolute Gasteiger partial charge is 0.462 e. The Hall–Kier alpha value is -2.89. The summed E-state index contributed by atoms with van der Waals surface area (Å²) in [4.78, 5) is 38.3. The van der Waals surface area contributed by atoms with E-state index < -0.39 is 6.10 Å². The molecule has 0 aromatic heterocycles. The number of carbonyl (C=O) groups excluding carboxylic acids is 3. The highest BCUT2D eigenvalue weighted by molar-refractivity contribution is 5.71. The first kappa shape index (κ1) is 80.1. The molecule has 1 atom stereocenters. The molecule has 0 radical (unpaired) electrons. The number of esters is 3. The van der Waals surface area contributed by atoms with Crippen LogP contribution in [0.15, 0.2) is 60.8 Å². The molecule has 6 heteroatoms. The Morgan fingerprint density at radius 1 is 0.241 bits per heavy atom. The molecule has 0 amide bonds. The van der Waals surface area contributed by atoms with Gasteiger partial charge in [-0.3, -0.25) is 14.4 Å². The molecule has 6 nitrogen and oxygen atoms in total. The van der Waals surface area contributed by atoms with E-state index in [-0.39, 0.29) is 31.1 Å². The minimum Gasteiger partial charge on any atom is -0.462 e. The first-order valence-electron chi connectivity index (χ1n) is 36.8. The lowest BCUT2D eigenvalue weighted by atomic mass is 10.0. The zero-order chi connectivity index (χ0) is 59.9. The van der Waals surface area contributed by atoms with E-state index in [1.54, 1.807) is 0 Å². The molecule has 1 unspecified atom stereocenters. The van der Waals surface area contributed by atoms with Gasteiger partial charge < -0.3 is 14.2 Å². The van der Waals surface area contributed by atoms with E-state index in [0.717, 1.165) is 77.0 Å². The van der Waals surface area contributed by atoms with Crippen molar-refractivity contribution in [3.8, 4) is 0 Å². The van der Waals surface area contributed by atoms with Gasteiger partial charge in [0.15, 0.2) is 6.10 Å². The van der Waals surface area contributed by atoms with Crippen molar-refractivity contribution in [1.82, 2.24) is 0 Å². The van der Waals surface area contributed by atoms with Crippen LogP contribution in [0, 0.1) is 0 Å². The minimum atomic E-state index is -0.774. The number of unbranched alkanes of at least 4 members (excludes halogenated alkanes) is 47. The monoisotopic (exact) mass is 1160 g/mol. The highest BCUT2D eigenvalue weighted by Gasteiger charge is 2.19. The van der Waals surface area contributed by atoms with E-state index in [1.807, 2.05) is 0 Å². The maximum Gasteiger partial charge on any atom is 0.306 e. The van der Waals surface area contributed by atoms with E-state index in [1.165, 1.54) is 276 Å². The average molecular weight is 1160 g/mol. The third-order valence-corrected chi connectivity index (χ3v) is 16.5. The number of rotatable bonds is 68. The van der Waals surface area contributed by atoms with E-state index in [2.05, 4.69) is 81.5 Å². The molecular weight excluding hydrogens is 1020 g/mol. The fourth-order valence-electron chi connectivity index (χ4n) is 11.0. The van der Waals surface area contributed by atoms with E-state index in [4.69, 9.17) is 14.2 Å². The molecule has 0 saturated heterocycles. The number of allylic oxidation sites excluding steroid dienone is 10. The van der Waals surface area contributed by atoms with Crippen LogP contribution in [0.4, 0.5) is 0 Å². The smallest absolute Gasteiger partial charge is 0.306 e. The van der Waals surface area contributed by atoms with Crippen molar-refractivity contribution >= 4 is 17.9 Å². The molecule has 0 bridgehead atoms. The van der Waals surface area contributed by atoms with Gasteiger partial charge in [-0.05, 0) is 89.9 Å². The maximum absolute atomic E-state index is 12.9. The summed E-state index contributed by atoms with van der Waals surface area (Å²) in [6.07, 6.45) is 92.8. The van der Waals surface area contributed by atoms with Gasteiger partial charge in [-0.25, -0.2) is 0 Å². The van der Waals surface area contributed by atoms with E-state index in [9.17, 15) is 14.4 Å². The molecule has 0 aromatic rings. The Morgan fingerprint density at radius 2 is 0.434 bits per heavy atom. The molecule has 0 spiro atoms. The standard InChI is InChI=1S/C77H140O6/c1-4-7-10-13-16-19-21-23-25-27-29-31-33-35-36-37-38-39-40-42-43-45-47-49-51-53-55-58-61-64-67-70-76(79)82-73-74(72-81-75(78)69-66-63-60-57-18-15-12-9-6-3)83-77(80)71-68-65-62-59-56-54-52-50-48-46-44-41-34-32-30-28-26-24-22-20-17-14-11-8-5-2/h21-24,27-30,34,41,74H,4-20,25-26,31-33,35-40,42-73H2,1-3H3/b23-21-,24-22-,29-27-,30-28-,41-34-. The molecule has 0 fully saturated rings. The molecule has 0 heterocycles. The second-order valence-corrected chi connectivity index (χ2v) is 24.9. The van der Waals surface area contributed by atoms with Crippen molar-refractivity contribution in [1.29, 1.82) is 0 Å². The van der Waals surface area contributed by atoms with Gasteiger partial charge >= 0.3 is 17.9 Å². The third-order valence-electron chi connectivity index (χ3n) is 16.5. The van der Waals surface area contributed by atoms with Crippen molar-refractivity contribution in [2.75, 3.05) is 13.2 Å². The predicted octanol–water partition coefficient (Wildman–Crippen LogP) is 25.5. The molecule has 0 aliphatic carbocycles. The predicted molar refractivity (Wildman–Crippen MR) is 362 cm³/mol. The van der Waals surface area contributed by atoms with Gasteiger partial charge in [0.25, 0.3) is 0 Å². The number of ether oxygens (including phenoxy) is 3. The van der Waals surface area contributed by atoms with Crippen LogP contribution in [-0.4, -0.2) is 37.2 Å². The summed E-state index contributed by atoms with van der Waals surface area (Å²) >= 11 is 0. The normalized spacial score (nSPS) is 12.4. The fraction of sp³-hybridized carbons (Fsp3) is 0.831. The van der Waals surface area contributed by atoms with E-state index >= 15 is 0 Å². The number of carbonyl (C=O) groups is 3. The summed E-state index contributed by atoms with van der Waals surface area (Å²) in [5.41, 5.74) is 0. The quantitative estimate of drug-likeness (QED) is 0.0261. The zero-order valence-corrected chi connectivity index (χ0v) is 55.7. The summed E-state index contributed by atoms with van der Waals surface area (Å²) < 4.78 is 17.0. The molecule has 0 N–H and O–H groups in total. The summed E-state index contributed by atoms with van der Waals surface area (Å²) in [5, 5.41) is 0. The first-order chi connectivity index (χ1) is 41.0. The Bertz CT molecular complexity index is 1470. The molecule has 0 rings (SSSR count). The summed E-state index contributed by atoms with van der Waals surface area (Å²) in [6.45, 7) is 6.65. The molecule has 0 aliphatic heterocycles. The van der Waals surface area contributed by atoms with Crippen molar-refractivity contribution in [2.24, 2.45) is 0 Å². The lowest BCUT2D eigenvalue weighted by Gasteiger charge is -2.18. The van der Waals surface area contributed by atoms with Gasteiger partial charge in [0.05, 0.1) is 0 Å². The Balaban J connectivity index is 4.10. The van der Waals surface area contributed by atoms with Crippen LogP contribution in [0.1, 0.15) is 393 Å². The second-order valence-electron chi connectivity index (χ2n) is 24.9. The highest BCUT2D eigenvalue weighted by atomic mass is 16.6.